The quantitative estimate of drug-likeness (QED) is 0.351. The molecule has 0 radical (unpaired) electrons. The highest BCUT2D eigenvalue weighted by Crippen LogP contribution is 2.89. The van der Waals surface area contributed by atoms with E-state index in [1.807, 2.05) is 4.90 Å². The van der Waals surface area contributed by atoms with Gasteiger partial charge in [-0.05, 0) is 122 Å². The SMILES string of the molecule is CCCC1CC(C)C2C(O1)C(O)C1(C)C3CCC4C(C)(C)C(OC5CN(C(=O)CC6CC6)CCO5)CCC45CC35CCC21C. The zero-order valence-corrected chi connectivity index (χ0v) is 28.6. The number of hydrogen-bond donors (Lipinski definition) is 1. The smallest absolute Gasteiger partial charge is 0.223 e. The number of rotatable bonds is 6. The van der Waals surface area contributed by atoms with E-state index in [1.54, 1.807) is 0 Å². The van der Waals surface area contributed by atoms with E-state index in [0.717, 1.165) is 25.7 Å². The van der Waals surface area contributed by atoms with Crippen LogP contribution in [0.4, 0.5) is 0 Å². The van der Waals surface area contributed by atoms with Gasteiger partial charge in [0, 0.05) is 18.4 Å². The number of nitrogens with zero attached hydrogens (tertiary/aromatic N) is 1. The predicted molar refractivity (Wildman–Crippen MR) is 170 cm³/mol. The van der Waals surface area contributed by atoms with Gasteiger partial charge in [0.05, 0.1) is 37.6 Å². The minimum absolute atomic E-state index is 0.000309. The van der Waals surface area contributed by atoms with Gasteiger partial charge in [0.25, 0.3) is 0 Å². The third-order valence-corrected chi connectivity index (χ3v) is 16.3. The number of amides is 1. The second-order valence-corrected chi connectivity index (χ2v) is 18.3. The summed E-state index contributed by atoms with van der Waals surface area (Å²) in [7, 11) is 0. The molecule has 0 aromatic heterocycles. The third kappa shape index (κ3) is 4.01. The number of carbonyl (C=O) groups is 1. The first-order valence-electron chi connectivity index (χ1n) is 18.8. The van der Waals surface area contributed by atoms with Crippen molar-refractivity contribution in [2.45, 2.75) is 156 Å². The first-order valence-corrected chi connectivity index (χ1v) is 18.8. The van der Waals surface area contributed by atoms with Crippen molar-refractivity contribution in [2.24, 2.45) is 56.7 Å². The number of aliphatic hydroxyl groups excluding tert-OH is 1. The van der Waals surface area contributed by atoms with E-state index < -0.39 is 0 Å². The summed E-state index contributed by atoms with van der Waals surface area (Å²) in [6, 6.07) is 0. The molecule has 44 heavy (non-hydrogen) atoms. The van der Waals surface area contributed by atoms with Crippen LogP contribution < -0.4 is 0 Å². The monoisotopic (exact) mass is 611 g/mol. The molecule has 0 aromatic carbocycles. The van der Waals surface area contributed by atoms with Gasteiger partial charge in [0.1, 0.15) is 0 Å². The van der Waals surface area contributed by atoms with Crippen molar-refractivity contribution >= 4 is 5.91 Å². The molecule has 8 rings (SSSR count). The molecule has 6 saturated carbocycles. The van der Waals surface area contributed by atoms with Gasteiger partial charge in [-0.3, -0.25) is 4.79 Å². The molecule has 6 aliphatic carbocycles. The molecule has 6 nitrogen and oxygen atoms in total. The van der Waals surface area contributed by atoms with Crippen LogP contribution in [0.2, 0.25) is 0 Å². The van der Waals surface area contributed by atoms with E-state index in [1.165, 1.54) is 51.4 Å². The van der Waals surface area contributed by atoms with Crippen molar-refractivity contribution in [2.75, 3.05) is 19.7 Å². The van der Waals surface area contributed by atoms with Gasteiger partial charge in [0.15, 0.2) is 6.29 Å². The van der Waals surface area contributed by atoms with Crippen LogP contribution in [0.5, 0.6) is 0 Å². The lowest BCUT2D eigenvalue weighted by Crippen LogP contribution is -2.60. The normalized spacial score (nSPS) is 54.0. The van der Waals surface area contributed by atoms with Crippen molar-refractivity contribution in [3.63, 3.8) is 0 Å². The fourth-order valence-corrected chi connectivity index (χ4v) is 13.9. The number of fused-ring (bicyclic) bond motifs is 4. The molecule has 2 saturated heterocycles. The topological polar surface area (TPSA) is 68.2 Å². The molecule has 2 aliphatic heterocycles. The Bertz CT molecular complexity index is 1150. The van der Waals surface area contributed by atoms with Crippen LogP contribution in [0.25, 0.3) is 0 Å². The fourth-order valence-electron chi connectivity index (χ4n) is 13.9. The lowest BCUT2D eigenvalue weighted by Gasteiger charge is -2.64. The minimum Gasteiger partial charge on any atom is -0.390 e. The van der Waals surface area contributed by atoms with Crippen molar-refractivity contribution in [1.82, 2.24) is 4.90 Å². The summed E-state index contributed by atoms with van der Waals surface area (Å²) in [5.74, 6) is 3.19. The largest absolute Gasteiger partial charge is 0.390 e. The van der Waals surface area contributed by atoms with Crippen LogP contribution in [0.1, 0.15) is 125 Å². The number of morpholine rings is 1. The highest BCUT2D eigenvalue weighted by Gasteiger charge is 2.84. The lowest BCUT2D eigenvalue weighted by molar-refractivity contribution is -0.248. The molecule has 13 atom stereocenters. The Morgan fingerprint density at radius 3 is 2.50 bits per heavy atom. The maximum atomic E-state index is 12.9. The highest BCUT2D eigenvalue weighted by molar-refractivity contribution is 5.76. The average Bonchev–Trinajstić information content (AvgIpc) is 3.90. The first kappa shape index (κ1) is 30.6. The average molecular weight is 612 g/mol. The Morgan fingerprint density at radius 2 is 1.75 bits per heavy atom. The van der Waals surface area contributed by atoms with E-state index in [2.05, 4.69) is 41.5 Å². The number of ether oxygens (including phenoxy) is 3. The maximum Gasteiger partial charge on any atom is 0.223 e. The molecule has 6 heteroatoms. The Labute approximate surface area is 266 Å². The molecule has 8 fully saturated rings. The summed E-state index contributed by atoms with van der Waals surface area (Å²) >= 11 is 0. The molecule has 0 bridgehead atoms. The van der Waals surface area contributed by atoms with Gasteiger partial charge in [-0.2, -0.15) is 0 Å². The first-order chi connectivity index (χ1) is 20.9. The summed E-state index contributed by atoms with van der Waals surface area (Å²) < 4.78 is 19.8. The second-order valence-electron chi connectivity index (χ2n) is 18.3. The van der Waals surface area contributed by atoms with Crippen molar-refractivity contribution in [3.8, 4) is 0 Å². The van der Waals surface area contributed by atoms with Crippen LogP contribution in [-0.4, -0.2) is 66.3 Å². The Morgan fingerprint density at radius 1 is 1.00 bits per heavy atom. The molecule has 13 unspecified atom stereocenters. The van der Waals surface area contributed by atoms with Gasteiger partial charge in [-0.1, -0.05) is 48.0 Å². The van der Waals surface area contributed by atoms with Gasteiger partial charge >= 0.3 is 0 Å². The van der Waals surface area contributed by atoms with Crippen LogP contribution in [0.3, 0.4) is 0 Å². The van der Waals surface area contributed by atoms with E-state index in [4.69, 9.17) is 14.2 Å². The Balaban J connectivity index is 1.01. The van der Waals surface area contributed by atoms with Crippen LogP contribution in [0.15, 0.2) is 0 Å². The summed E-state index contributed by atoms with van der Waals surface area (Å²) in [4.78, 5) is 14.9. The molecule has 1 amide bonds. The molecule has 1 N–H and O–H groups in total. The molecule has 2 heterocycles. The molecule has 0 aromatic rings. The lowest BCUT2D eigenvalue weighted by atomic mass is 9.41. The van der Waals surface area contributed by atoms with Crippen LogP contribution >= 0.6 is 0 Å². The third-order valence-electron chi connectivity index (χ3n) is 16.3. The van der Waals surface area contributed by atoms with E-state index in [0.29, 0.717) is 72.6 Å². The fraction of sp³-hybridized carbons (Fsp3) is 0.974. The zero-order valence-electron chi connectivity index (χ0n) is 28.6. The zero-order chi connectivity index (χ0) is 30.9. The summed E-state index contributed by atoms with van der Waals surface area (Å²) in [5.41, 5.74) is 0.852. The minimum atomic E-state index is -0.363. The maximum absolute atomic E-state index is 12.9. The van der Waals surface area contributed by atoms with Gasteiger partial charge in [0.2, 0.25) is 5.91 Å². The van der Waals surface area contributed by atoms with Crippen molar-refractivity contribution in [1.29, 1.82) is 0 Å². The highest BCUT2D eigenvalue weighted by atomic mass is 16.7. The molecule has 248 valence electrons. The number of hydrogen-bond acceptors (Lipinski definition) is 5. The molecular formula is C38H61NO5. The van der Waals surface area contributed by atoms with Gasteiger partial charge < -0.3 is 24.2 Å². The van der Waals surface area contributed by atoms with Crippen LogP contribution in [-0.2, 0) is 19.0 Å². The standard InChI is InChI=1S/C38H61NO5/c1-7-8-25-19-23(2)31-32(43-25)33(41)36(6)27-12-11-26-34(3,4)28(13-14-37(26)22-38(27,37)16-15-35(31,36)5)44-30-21-39(17-18-42-30)29(40)20-24-9-10-24/h23-28,30-33,41H,7-22H2,1-6H3. The summed E-state index contributed by atoms with van der Waals surface area (Å²) in [5, 5.41) is 12.4. The molecular weight excluding hydrogens is 550 g/mol. The Kier molecular flexibility index (Phi) is 7.07. The summed E-state index contributed by atoms with van der Waals surface area (Å²) in [6.45, 7) is 16.6. The molecule has 2 spiro atoms. The van der Waals surface area contributed by atoms with E-state index in [-0.39, 0.29) is 46.8 Å². The number of carbonyl (C=O) groups excluding carboxylic acids is 1. The van der Waals surface area contributed by atoms with E-state index in [9.17, 15) is 9.90 Å². The Hall–Kier alpha value is -0.690. The van der Waals surface area contributed by atoms with Crippen LogP contribution in [0, 0.1) is 56.7 Å². The van der Waals surface area contributed by atoms with Gasteiger partial charge in [-0.25, -0.2) is 0 Å². The van der Waals surface area contributed by atoms with E-state index >= 15 is 0 Å². The van der Waals surface area contributed by atoms with Crippen molar-refractivity contribution in [3.05, 3.63) is 0 Å². The molecule has 8 aliphatic rings. The number of aliphatic hydroxyl groups is 1. The van der Waals surface area contributed by atoms with Crippen molar-refractivity contribution < 1.29 is 24.1 Å². The second kappa shape index (κ2) is 10.2. The predicted octanol–water partition coefficient (Wildman–Crippen LogP) is 6.97. The summed E-state index contributed by atoms with van der Waals surface area (Å²) in [6.07, 6.45) is 15.0. The van der Waals surface area contributed by atoms with Gasteiger partial charge in [-0.15, -0.1) is 0 Å².